The van der Waals surface area contributed by atoms with Crippen molar-refractivity contribution >= 4 is 0 Å². The zero-order valence-corrected chi connectivity index (χ0v) is 9.05. The van der Waals surface area contributed by atoms with Crippen LogP contribution in [0, 0.1) is 12.8 Å². The second kappa shape index (κ2) is 4.18. The Bertz CT molecular complexity index is 292. The summed E-state index contributed by atoms with van der Waals surface area (Å²) in [5, 5.41) is 3.52. The van der Waals surface area contributed by atoms with E-state index in [9.17, 15) is 0 Å². The molecule has 2 nitrogen and oxygen atoms in total. The van der Waals surface area contributed by atoms with Gasteiger partial charge < -0.3 is 9.73 Å². The minimum Gasteiger partial charge on any atom is -0.465 e. The van der Waals surface area contributed by atoms with E-state index in [2.05, 4.69) is 18.3 Å². The molecule has 78 valence electrons. The monoisotopic (exact) mass is 193 g/mol. The number of hydrogen-bond acceptors (Lipinski definition) is 2. The number of aryl methyl sites for hydroxylation is 1. The van der Waals surface area contributed by atoms with Gasteiger partial charge in [0.15, 0.2) is 0 Å². The quantitative estimate of drug-likeness (QED) is 0.781. The van der Waals surface area contributed by atoms with Crippen LogP contribution >= 0.6 is 0 Å². The molecule has 0 spiro atoms. The second-order valence-corrected chi connectivity index (χ2v) is 4.25. The molecule has 1 aromatic rings. The Morgan fingerprint density at radius 1 is 1.50 bits per heavy atom. The van der Waals surface area contributed by atoms with E-state index in [-0.39, 0.29) is 0 Å². The zero-order chi connectivity index (χ0) is 9.97. The maximum atomic E-state index is 5.65. The zero-order valence-electron chi connectivity index (χ0n) is 9.05. The Morgan fingerprint density at radius 3 is 3.00 bits per heavy atom. The second-order valence-electron chi connectivity index (χ2n) is 4.25. The molecule has 0 amide bonds. The average molecular weight is 193 g/mol. The van der Waals surface area contributed by atoms with E-state index in [0.717, 1.165) is 24.0 Å². The summed E-state index contributed by atoms with van der Waals surface area (Å²) >= 11 is 0. The number of furan rings is 1. The van der Waals surface area contributed by atoms with Crippen LogP contribution in [-0.4, -0.2) is 6.54 Å². The summed E-state index contributed by atoms with van der Waals surface area (Å²) in [5.41, 5.74) is 0. The molecule has 2 unspecified atom stereocenters. The maximum absolute atomic E-state index is 5.65. The fraction of sp³-hybridized carbons (Fsp3) is 0.667. The highest BCUT2D eigenvalue weighted by molar-refractivity contribution is 5.10. The van der Waals surface area contributed by atoms with E-state index < -0.39 is 0 Å². The first-order valence-electron chi connectivity index (χ1n) is 5.59. The van der Waals surface area contributed by atoms with Crippen LogP contribution < -0.4 is 5.32 Å². The van der Waals surface area contributed by atoms with Crippen LogP contribution in [0.4, 0.5) is 0 Å². The molecule has 0 saturated carbocycles. The lowest BCUT2D eigenvalue weighted by molar-refractivity contribution is 0.268. The van der Waals surface area contributed by atoms with Gasteiger partial charge in [0.2, 0.25) is 0 Å². The third kappa shape index (κ3) is 2.01. The highest BCUT2D eigenvalue weighted by atomic mass is 16.3. The molecule has 1 aliphatic rings. The molecule has 1 aliphatic heterocycles. The molecule has 14 heavy (non-hydrogen) atoms. The van der Waals surface area contributed by atoms with Crippen molar-refractivity contribution < 1.29 is 4.42 Å². The van der Waals surface area contributed by atoms with Gasteiger partial charge in [0.05, 0.1) is 6.04 Å². The fourth-order valence-corrected chi connectivity index (χ4v) is 2.22. The predicted molar refractivity (Wildman–Crippen MR) is 57.2 cm³/mol. The predicted octanol–water partition coefficient (Wildman–Crippen LogP) is 3.04. The molecule has 1 saturated heterocycles. The molecule has 1 N–H and O–H groups in total. The summed E-state index contributed by atoms with van der Waals surface area (Å²) in [5.74, 6) is 2.99. The van der Waals surface area contributed by atoms with Gasteiger partial charge in [0.25, 0.3) is 0 Å². The highest BCUT2D eigenvalue weighted by Gasteiger charge is 2.23. The van der Waals surface area contributed by atoms with E-state index in [1.807, 2.05) is 13.0 Å². The van der Waals surface area contributed by atoms with Crippen LogP contribution in [0.15, 0.2) is 16.5 Å². The van der Waals surface area contributed by atoms with Crippen molar-refractivity contribution in [2.45, 2.75) is 39.2 Å². The molecule has 0 aliphatic carbocycles. The van der Waals surface area contributed by atoms with Crippen molar-refractivity contribution in [3.63, 3.8) is 0 Å². The molecular formula is C12H19NO. The summed E-state index contributed by atoms with van der Waals surface area (Å²) in [6.45, 7) is 5.41. The van der Waals surface area contributed by atoms with Crippen LogP contribution in [0.2, 0.25) is 0 Å². The lowest BCUT2D eigenvalue weighted by atomic mass is 9.89. The van der Waals surface area contributed by atoms with Crippen molar-refractivity contribution in [1.29, 1.82) is 0 Å². The van der Waals surface area contributed by atoms with E-state index in [0.29, 0.717) is 6.04 Å². The Hall–Kier alpha value is -0.760. The molecule has 2 heteroatoms. The van der Waals surface area contributed by atoms with E-state index >= 15 is 0 Å². The third-order valence-corrected chi connectivity index (χ3v) is 3.19. The van der Waals surface area contributed by atoms with Crippen molar-refractivity contribution in [2.75, 3.05) is 6.54 Å². The highest BCUT2D eigenvalue weighted by Crippen LogP contribution is 2.29. The summed E-state index contributed by atoms with van der Waals surface area (Å²) in [6.07, 6.45) is 3.83. The topological polar surface area (TPSA) is 25.2 Å². The average Bonchev–Trinajstić information content (AvgIpc) is 2.65. The smallest absolute Gasteiger partial charge is 0.121 e. The van der Waals surface area contributed by atoms with Crippen LogP contribution in [0.25, 0.3) is 0 Å². The Balaban J connectivity index is 2.04. The summed E-state index contributed by atoms with van der Waals surface area (Å²) in [7, 11) is 0. The van der Waals surface area contributed by atoms with Gasteiger partial charge in [0.1, 0.15) is 11.5 Å². The summed E-state index contributed by atoms with van der Waals surface area (Å²) < 4.78 is 5.65. The van der Waals surface area contributed by atoms with Crippen LogP contribution in [-0.2, 0) is 0 Å². The van der Waals surface area contributed by atoms with Gasteiger partial charge in [-0.1, -0.05) is 13.3 Å². The molecule has 2 rings (SSSR count). The van der Waals surface area contributed by atoms with Gasteiger partial charge >= 0.3 is 0 Å². The number of piperidine rings is 1. The lowest BCUT2D eigenvalue weighted by Crippen LogP contribution is -2.31. The molecular weight excluding hydrogens is 174 g/mol. The summed E-state index contributed by atoms with van der Waals surface area (Å²) in [4.78, 5) is 0. The lowest BCUT2D eigenvalue weighted by Gasteiger charge is -2.28. The molecule has 1 aromatic heterocycles. The van der Waals surface area contributed by atoms with Gasteiger partial charge in [-0.2, -0.15) is 0 Å². The Labute approximate surface area is 85.7 Å². The molecule has 2 heterocycles. The van der Waals surface area contributed by atoms with Crippen LogP contribution in [0.1, 0.15) is 43.7 Å². The first-order chi connectivity index (χ1) is 6.79. The maximum Gasteiger partial charge on any atom is 0.121 e. The van der Waals surface area contributed by atoms with E-state index in [1.54, 1.807) is 0 Å². The van der Waals surface area contributed by atoms with Crippen molar-refractivity contribution in [3.8, 4) is 0 Å². The minimum atomic E-state index is 0.447. The standard InChI is InChI=1S/C12H19NO/c1-3-10-6-7-13-11(8-10)12-5-4-9(2)14-12/h4-5,10-11,13H,3,6-8H2,1-2H3. The molecule has 1 fully saturated rings. The Kier molecular flexibility index (Phi) is 2.92. The third-order valence-electron chi connectivity index (χ3n) is 3.19. The molecule has 2 atom stereocenters. The van der Waals surface area contributed by atoms with E-state index in [1.165, 1.54) is 19.3 Å². The van der Waals surface area contributed by atoms with Crippen LogP contribution in [0.5, 0.6) is 0 Å². The van der Waals surface area contributed by atoms with Crippen molar-refractivity contribution in [3.05, 3.63) is 23.7 Å². The fourth-order valence-electron chi connectivity index (χ4n) is 2.22. The number of hydrogen-bond donors (Lipinski definition) is 1. The van der Waals surface area contributed by atoms with Gasteiger partial charge in [-0.25, -0.2) is 0 Å². The van der Waals surface area contributed by atoms with Gasteiger partial charge in [-0.05, 0) is 44.4 Å². The van der Waals surface area contributed by atoms with Crippen molar-refractivity contribution in [1.82, 2.24) is 5.32 Å². The summed E-state index contributed by atoms with van der Waals surface area (Å²) in [6, 6.07) is 4.60. The van der Waals surface area contributed by atoms with Crippen LogP contribution in [0.3, 0.4) is 0 Å². The first-order valence-corrected chi connectivity index (χ1v) is 5.59. The van der Waals surface area contributed by atoms with Gasteiger partial charge in [-0.3, -0.25) is 0 Å². The van der Waals surface area contributed by atoms with E-state index in [4.69, 9.17) is 4.42 Å². The molecule has 0 radical (unpaired) electrons. The SMILES string of the molecule is CCC1CCNC(c2ccc(C)o2)C1. The molecule has 0 aromatic carbocycles. The van der Waals surface area contributed by atoms with Gasteiger partial charge in [-0.15, -0.1) is 0 Å². The number of rotatable bonds is 2. The first kappa shape index (κ1) is 9.78. The molecule has 0 bridgehead atoms. The number of nitrogens with one attached hydrogen (secondary N) is 1. The minimum absolute atomic E-state index is 0.447. The largest absolute Gasteiger partial charge is 0.465 e. The Morgan fingerprint density at radius 2 is 2.36 bits per heavy atom. The van der Waals surface area contributed by atoms with Crippen molar-refractivity contribution in [2.24, 2.45) is 5.92 Å². The normalized spacial score (nSPS) is 27.9. The van der Waals surface area contributed by atoms with Gasteiger partial charge in [0, 0.05) is 0 Å².